The lowest BCUT2D eigenvalue weighted by Gasteiger charge is -2.14. The number of unbranched alkanes of at least 4 members (excludes halogenated alkanes) is 1. The van der Waals surface area contributed by atoms with Crippen molar-refractivity contribution >= 4 is 12.1 Å². The predicted molar refractivity (Wildman–Crippen MR) is 58.9 cm³/mol. The number of carbonyl (C=O) groups is 2. The molecule has 0 aliphatic rings. The Kier molecular flexibility index (Phi) is 7.68. The van der Waals surface area contributed by atoms with E-state index in [9.17, 15) is 9.59 Å². The van der Waals surface area contributed by atoms with Crippen LogP contribution in [0, 0.1) is 12.3 Å². The number of hydrogen-bond acceptors (Lipinski definition) is 3. The molecule has 1 unspecified atom stereocenters. The molecule has 0 fully saturated rings. The Morgan fingerprint density at radius 3 is 2.75 bits per heavy atom. The van der Waals surface area contributed by atoms with Gasteiger partial charge in [0.15, 0.2) is 0 Å². The largest absolute Gasteiger partial charge is 0.481 e. The summed E-state index contributed by atoms with van der Waals surface area (Å²) in [6.45, 7) is 2.31. The fraction of sp³-hybridized carbons (Fsp3) is 0.636. The van der Waals surface area contributed by atoms with E-state index >= 15 is 0 Å². The number of amides is 1. The molecule has 0 aromatic rings. The summed E-state index contributed by atoms with van der Waals surface area (Å²) in [6.07, 6.45) is 6.14. The van der Waals surface area contributed by atoms with Crippen LogP contribution in [-0.4, -0.2) is 29.8 Å². The van der Waals surface area contributed by atoms with Gasteiger partial charge in [0, 0.05) is 6.42 Å². The van der Waals surface area contributed by atoms with E-state index in [1.807, 2.05) is 6.92 Å². The first-order valence-electron chi connectivity index (χ1n) is 5.18. The molecule has 0 rings (SSSR count). The molecule has 0 saturated carbocycles. The summed E-state index contributed by atoms with van der Waals surface area (Å²) in [7, 11) is 0. The molecule has 0 aromatic heterocycles. The molecule has 90 valence electrons. The predicted octanol–water partition coefficient (Wildman–Crippen LogP) is 1.38. The Morgan fingerprint density at radius 1 is 1.56 bits per heavy atom. The normalized spacial score (nSPS) is 11.2. The molecule has 0 heterocycles. The molecule has 0 radical (unpaired) electrons. The number of terminal acetylenes is 1. The van der Waals surface area contributed by atoms with Crippen molar-refractivity contribution in [2.24, 2.45) is 0 Å². The molecule has 0 saturated heterocycles. The molecule has 5 heteroatoms. The maximum atomic E-state index is 11.2. The maximum Gasteiger partial charge on any atom is 0.407 e. The smallest absolute Gasteiger partial charge is 0.407 e. The number of nitrogens with one attached hydrogen (secondary N) is 1. The van der Waals surface area contributed by atoms with Crippen LogP contribution in [0.15, 0.2) is 0 Å². The summed E-state index contributed by atoms with van der Waals surface area (Å²) in [5, 5.41) is 11.0. The van der Waals surface area contributed by atoms with E-state index in [-0.39, 0.29) is 12.8 Å². The Balaban J connectivity index is 3.93. The highest BCUT2D eigenvalue weighted by Gasteiger charge is 2.15. The monoisotopic (exact) mass is 227 g/mol. The summed E-state index contributed by atoms with van der Waals surface area (Å²) < 4.78 is 4.83. The quantitative estimate of drug-likeness (QED) is 0.509. The van der Waals surface area contributed by atoms with Gasteiger partial charge in [0.1, 0.15) is 0 Å². The van der Waals surface area contributed by atoms with E-state index in [1.54, 1.807) is 0 Å². The van der Waals surface area contributed by atoms with Gasteiger partial charge in [-0.3, -0.25) is 4.79 Å². The zero-order valence-corrected chi connectivity index (χ0v) is 9.36. The molecule has 0 aliphatic heterocycles. The Hall–Kier alpha value is -1.70. The summed E-state index contributed by atoms with van der Waals surface area (Å²) in [5.74, 6) is 1.31. The van der Waals surface area contributed by atoms with Crippen LogP contribution in [0.2, 0.25) is 0 Å². The minimum atomic E-state index is -1.01. The highest BCUT2D eigenvalue weighted by Crippen LogP contribution is 1.98. The second kappa shape index (κ2) is 8.60. The van der Waals surface area contributed by atoms with Crippen molar-refractivity contribution in [3.8, 4) is 12.3 Å². The lowest BCUT2D eigenvalue weighted by atomic mass is 10.1. The number of ether oxygens (including phenoxy) is 1. The molecule has 0 spiro atoms. The van der Waals surface area contributed by atoms with Crippen LogP contribution in [0.1, 0.15) is 32.6 Å². The van der Waals surface area contributed by atoms with E-state index in [2.05, 4.69) is 11.2 Å². The van der Waals surface area contributed by atoms with Gasteiger partial charge in [-0.2, -0.15) is 0 Å². The van der Waals surface area contributed by atoms with E-state index in [0.29, 0.717) is 6.61 Å². The van der Waals surface area contributed by atoms with Crippen LogP contribution in [0.5, 0.6) is 0 Å². The van der Waals surface area contributed by atoms with Crippen LogP contribution in [0.3, 0.4) is 0 Å². The minimum Gasteiger partial charge on any atom is -0.481 e. The number of carbonyl (C=O) groups excluding carboxylic acids is 1. The first-order chi connectivity index (χ1) is 7.60. The van der Waals surface area contributed by atoms with Gasteiger partial charge >= 0.3 is 12.1 Å². The third-order valence-electron chi connectivity index (χ3n) is 1.84. The van der Waals surface area contributed by atoms with Gasteiger partial charge < -0.3 is 15.2 Å². The van der Waals surface area contributed by atoms with E-state index in [1.165, 1.54) is 0 Å². The Labute approximate surface area is 95.2 Å². The summed E-state index contributed by atoms with van der Waals surface area (Å²) >= 11 is 0. The van der Waals surface area contributed by atoms with E-state index in [4.69, 9.17) is 16.3 Å². The van der Waals surface area contributed by atoms with Gasteiger partial charge in [0.25, 0.3) is 0 Å². The second-order valence-corrected chi connectivity index (χ2v) is 3.34. The van der Waals surface area contributed by atoms with E-state index < -0.39 is 18.1 Å². The number of carboxylic acids is 1. The minimum absolute atomic E-state index is 0.176. The number of hydrogen-bond donors (Lipinski definition) is 2. The van der Waals surface area contributed by atoms with Crippen molar-refractivity contribution < 1.29 is 19.4 Å². The zero-order chi connectivity index (χ0) is 12.4. The molecule has 2 N–H and O–H groups in total. The highest BCUT2D eigenvalue weighted by atomic mass is 16.5. The van der Waals surface area contributed by atoms with Crippen LogP contribution >= 0.6 is 0 Å². The molecular formula is C11H17NO4. The maximum absolute atomic E-state index is 11.2. The van der Waals surface area contributed by atoms with Crippen LogP contribution in [0.25, 0.3) is 0 Å². The first-order valence-corrected chi connectivity index (χ1v) is 5.18. The number of rotatable bonds is 7. The molecule has 0 aliphatic carbocycles. The summed E-state index contributed by atoms with van der Waals surface area (Å²) in [5.41, 5.74) is 0. The van der Waals surface area contributed by atoms with E-state index in [0.717, 1.165) is 12.8 Å². The molecule has 5 nitrogen and oxygen atoms in total. The van der Waals surface area contributed by atoms with Gasteiger partial charge in [-0.25, -0.2) is 4.79 Å². The number of aliphatic carboxylic acids is 1. The van der Waals surface area contributed by atoms with Gasteiger partial charge in [0.2, 0.25) is 0 Å². The Morgan fingerprint density at radius 2 is 2.25 bits per heavy atom. The molecule has 0 bridgehead atoms. The summed E-state index contributed by atoms with van der Waals surface area (Å²) in [6, 6.07) is -0.573. The molecular weight excluding hydrogens is 210 g/mol. The summed E-state index contributed by atoms with van der Waals surface area (Å²) in [4.78, 5) is 21.7. The molecule has 0 aromatic carbocycles. The van der Waals surface area contributed by atoms with Crippen molar-refractivity contribution in [1.82, 2.24) is 5.32 Å². The van der Waals surface area contributed by atoms with Crippen LogP contribution in [0.4, 0.5) is 4.79 Å². The highest BCUT2D eigenvalue weighted by molar-refractivity contribution is 5.71. The van der Waals surface area contributed by atoms with Gasteiger partial charge in [-0.1, -0.05) is 13.3 Å². The van der Waals surface area contributed by atoms with Crippen molar-refractivity contribution in [2.45, 2.75) is 38.6 Å². The molecule has 1 amide bonds. The lowest BCUT2D eigenvalue weighted by molar-refractivity contribution is -0.137. The average molecular weight is 227 g/mol. The first kappa shape index (κ1) is 14.3. The standard InChI is InChI=1S/C11H17NO4/c1-3-5-7-16-11(15)12-9(6-4-2)8-10(13)14/h2,9H,3,5-8H2,1H3,(H,12,15)(H,13,14). The molecule has 16 heavy (non-hydrogen) atoms. The third kappa shape index (κ3) is 7.68. The zero-order valence-electron chi connectivity index (χ0n) is 9.36. The topological polar surface area (TPSA) is 75.6 Å². The van der Waals surface area contributed by atoms with Crippen molar-refractivity contribution in [3.05, 3.63) is 0 Å². The van der Waals surface area contributed by atoms with Crippen molar-refractivity contribution in [3.63, 3.8) is 0 Å². The lowest BCUT2D eigenvalue weighted by Crippen LogP contribution is -2.36. The second-order valence-electron chi connectivity index (χ2n) is 3.34. The fourth-order valence-corrected chi connectivity index (χ4v) is 1.04. The number of alkyl carbamates (subject to hydrolysis) is 1. The third-order valence-corrected chi connectivity index (χ3v) is 1.84. The fourth-order valence-electron chi connectivity index (χ4n) is 1.04. The van der Waals surface area contributed by atoms with Crippen LogP contribution < -0.4 is 5.32 Å². The Bertz CT molecular complexity index is 270. The van der Waals surface area contributed by atoms with Crippen molar-refractivity contribution in [1.29, 1.82) is 0 Å². The number of carboxylic acid groups (broad SMARTS) is 1. The van der Waals surface area contributed by atoms with Gasteiger partial charge in [-0.05, 0) is 6.42 Å². The van der Waals surface area contributed by atoms with Gasteiger partial charge in [0.05, 0.1) is 19.1 Å². The molecule has 1 atom stereocenters. The van der Waals surface area contributed by atoms with Gasteiger partial charge in [-0.15, -0.1) is 12.3 Å². The SMILES string of the molecule is C#CCC(CC(=O)O)NC(=O)OCCCC. The van der Waals surface area contributed by atoms with Crippen molar-refractivity contribution in [2.75, 3.05) is 6.61 Å². The van der Waals surface area contributed by atoms with Crippen LogP contribution in [-0.2, 0) is 9.53 Å². The average Bonchev–Trinajstić information content (AvgIpc) is 2.17.